The maximum absolute atomic E-state index is 13.4. The summed E-state index contributed by atoms with van der Waals surface area (Å²) in [7, 11) is -1.99. The quantitative estimate of drug-likeness (QED) is 0.109. The van der Waals surface area contributed by atoms with Crippen molar-refractivity contribution in [3.05, 3.63) is 0 Å². The number of carbonyl (C=O) groups excluding carboxylic acids is 1. The summed E-state index contributed by atoms with van der Waals surface area (Å²) >= 11 is 0. The van der Waals surface area contributed by atoms with E-state index < -0.39 is 14.5 Å². The number of aromatic nitrogens is 3. The van der Waals surface area contributed by atoms with E-state index in [4.69, 9.17) is 15.0 Å². The molecular weight excluding hydrogens is 682 g/mol. The Kier molecular flexibility index (Phi) is 17.9. The van der Waals surface area contributed by atoms with Gasteiger partial charge in [-0.25, -0.2) is 0 Å². The minimum absolute atomic E-state index is 0.183. The van der Waals surface area contributed by atoms with Crippen molar-refractivity contribution in [1.82, 2.24) is 24.8 Å². The van der Waals surface area contributed by atoms with Crippen molar-refractivity contribution in [1.29, 1.82) is 0 Å². The van der Waals surface area contributed by atoms with Crippen LogP contribution in [0, 0.1) is 23.7 Å². The number of nitrogens with zero attached hydrogens (tertiary/aromatic N) is 8. The molecule has 1 aromatic heterocycles. The standard InChI is InChI=1S/C41H86N8OP2/c1-29(2)22-51(23-30(3)4,26-46-21-20-45(19)41(46)50)27-47(33(9)10)38-42-39(44-40(43-38)49(35(13)14)36(15)16)48(34(11)12)28-52(37(17)18,24-31(5)6)25-32(7)8/h29-37,51-52H,20-28H2,1-19H3. The van der Waals surface area contributed by atoms with E-state index in [2.05, 4.69) is 144 Å². The van der Waals surface area contributed by atoms with Crippen LogP contribution in [-0.2, 0) is 0 Å². The van der Waals surface area contributed by atoms with Crippen LogP contribution in [0.4, 0.5) is 22.6 Å². The fourth-order valence-corrected chi connectivity index (χ4v) is 22.1. The molecule has 0 unspecified atom stereocenters. The third-order valence-corrected chi connectivity index (χ3v) is 23.2. The summed E-state index contributed by atoms with van der Waals surface area (Å²) in [6, 6.07) is 1.10. The zero-order valence-corrected chi connectivity index (χ0v) is 39.5. The molecule has 1 saturated heterocycles. The number of carbonyl (C=O) groups is 1. The van der Waals surface area contributed by atoms with Crippen LogP contribution < -0.4 is 14.7 Å². The molecule has 1 aliphatic rings. The molecular formula is C41H86N8OP2. The van der Waals surface area contributed by atoms with Crippen LogP contribution in [0.3, 0.4) is 0 Å². The molecule has 1 aromatic rings. The van der Waals surface area contributed by atoms with Crippen molar-refractivity contribution in [2.24, 2.45) is 23.7 Å². The molecule has 52 heavy (non-hydrogen) atoms. The monoisotopic (exact) mass is 769 g/mol. The fraction of sp³-hybridized carbons (Fsp3) is 0.902. The van der Waals surface area contributed by atoms with Gasteiger partial charge in [-0.2, -0.15) is 0 Å². The van der Waals surface area contributed by atoms with Gasteiger partial charge in [0.2, 0.25) is 0 Å². The molecule has 1 aliphatic heterocycles. The predicted molar refractivity (Wildman–Crippen MR) is 238 cm³/mol. The number of rotatable bonds is 22. The summed E-state index contributed by atoms with van der Waals surface area (Å²) in [5.41, 5.74) is 0.653. The summed E-state index contributed by atoms with van der Waals surface area (Å²) in [5.74, 6) is 4.80. The number of anilines is 3. The van der Waals surface area contributed by atoms with E-state index in [0.29, 0.717) is 29.3 Å². The number of urea groups is 1. The molecule has 0 bridgehead atoms. The molecule has 0 aromatic carbocycles. The van der Waals surface area contributed by atoms with Crippen LogP contribution >= 0.6 is 14.5 Å². The van der Waals surface area contributed by atoms with Crippen molar-refractivity contribution in [2.45, 2.75) is 154 Å². The second-order valence-corrected chi connectivity index (χ2v) is 29.3. The van der Waals surface area contributed by atoms with E-state index in [-0.39, 0.29) is 30.2 Å². The normalized spacial score (nSPS) is 15.4. The number of likely N-dealkylation sites (N-methyl/N-ethyl adjacent to an activating group) is 1. The average Bonchev–Trinajstić information content (AvgIpc) is 3.28. The van der Waals surface area contributed by atoms with E-state index in [1.54, 1.807) is 0 Å². The van der Waals surface area contributed by atoms with Crippen molar-refractivity contribution in [3.63, 3.8) is 0 Å². The van der Waals surface area contributed by atoms with Crippen molar-refractivity contribution >= 4 is 38.4 Å². The number of hydrogen-bond donors (Lipinski definition) is 0. The van der Waals surface area contributed by atoms with Gasteiger partial charge in [0.25, 0.3) is 0 Å². The maximum atomic E-state index is 13.4. The molecule has 0 saturated carbocycles. The van der Waals surface area contributed by atoms with Gasteiger partial charge in [-0.1, -0.05) is 0 Å². The first-order valence-corrected chi connectivity index (χ1v) is 26.5. The SMILES string of the molecule is CC(C)C[PH](CC(C)C)(CN1CCN(C)C1=O)CN(c1nc(N(C[PH](CC(C)C)(CC(C)C)C(C)C)C(C)C)nc(N(C(C)C)C(C)C)n1)C(C)C. The van der Waals surface area contributed by atoms with E-state index in [9.17, 15) is 4.79 Å². The average molecular weight is 769 g/mol. The summed E-state index contributed by atoms with van der Waals surface area (Å²) in [6.45, 7) is 43.9. The first kappa shape index (κ1) is 46.7. The Balaban J connectivity index is 2.92. The molecule has 306 valence electrons. The fourth-order valence-electron chi connectivity index (χ4n) is 9.31. The Labute approximate surface area is 323 Å². The minimum atomic E-state index is -2.13. The Morgan fingerprint density at radius 2 is 0.962 bits per heavy atom. The predicted octanol–water partition coefficient (Wildman–Crippen LogP) is 9.70. The molecule has 0 radical (unpaired) electrons. The molecule has 9 nitrogen and oxygen atoms in total. The van der Waals surface area contributed by atoms with Crippen molar-refractivity contribution in [2.75, 3.05) is 78.3 Å². The number of hydrogen-bond acceptors (Lipinski definition) is 7. The Morgan fingerprint density at radius 1 is 0.558 bits per heavy atom. The van der Waals surface area contributed by atoms with Gasteiger partial charge in [-0.05, 0) is 0 Å². The van der Waals surface area contributed by atoms with E-state index >= 15 is 0 Å². The second kappa shape index (κ2) is 19.9. The van der Waals surface area contributed by atoms with Crippen LogP contribution in [0.2, 0.25) is 0 Å². The van der Waals surface area contributed by atoms with E-state index in [1.807, 2.05) is 11.9 Å². The van der Waals surface area contributed by atoms with Gasteiger partial charge in [0.05, 0.1) is 0 Å². The third kappa shape index (κ3) is 12.8. The molecule has 2 heterocycles. The van der Waals surface area contributed by atoms with Crippen LogP contribution in [0.25, 0.3) is 0 Å². The zero-order chi connectivity index (χ0) is 39.9. The van der Waals surface area contributed by atoms with Gasteiger partial charge in [-0.15, -0.1) is 0 Å². The van der Waals surface area contributed by atoms with Gasteiger partial charge < -0.3 is 0 Å². The van der Waals surface area contributed by atoms with Gasteiger partial charge in [0.15, 0.2) is 0 Å². The first-order chi connectivity index (χ1) is 23.9. The molecule has 1 fully saturated rings. The Hall–Kier alpha value is -1.46. The third-order valence-electron chi connectivity index (χ3n) is 11.1. The number of amides is 2. The molecule has 2 amide bonds. The summed E-state index contributed by atoms with van der Waals surface area (Å²) < 4.78 is 0. The van der Waals surface area contributed by atoms with Crippen LogP contribution in [-0.4, -0.2) is 124 Å². The Bertz CT molecular complexity index is 1210. The van der Waals surface area contributed by atoms with Gasteiger partial charge in [0.1, 0.15) is 0 Å². The van der Waals surface area contributed by atoms with Gasteiger partial charge in [-0.3, -0.25) is 0 Å². The topological polar surface area (TPSA) is 71.9 Å². The summed E-state index contributed by atoms with van der Waals surface area (Å²) in [6.07, 6.45) is 7.81. The van der Waals surface area contributed by atoms with Crippen molar-refractivity contribution in [3.8, 4) is 0 Å². The molecule has 11 heteroatoms. The Morgan fingerprint density at radius 3 is 1.29 bits per heavy atom. The van der Waals surface area contributed by atoms with Crippen LogP contribution in [0.15, 0.2) is 0 Å². The first-order valence-electron chi connectivity index (χ1n) is 21.0. The van der Waals surface area contributed by atoms with Crippen LogP contribution in [0.5, 0.6) is 0 Å². The zero-order valence-electron chi connectivity index (χ0n) is 37.5. The summed E-state index contributed by atoms with van der Waals surface area (Å²) in [5, 5.41) is 0. The molecule has 0 spiro atoms. The van der Waals surface area contributed by atoms with Gasteiger partial charge >= 0.3 is 324 Å². The van der Waals surface area contributed by atoms with Gasteiger partial charge in [0, 0.05) is 0 Å². The molecule has 0 atom stereocenters. The second-order valence-electron chi connectivity index (χ2n) is 19.8. The molecule has 2 rings (SSSR count). The van der Waals surface area contributed by atoms with E-state index in [1.165, 1.54) is 24.6 Å². The van der Waals surface area contributed by atoms with Crippen LogP contribution in [0.1, 0.15) is 125 Å². The summed E-state index contributed by atoms with van der Waals surface area (Å²) in [4.78, 5) is 41.3. The molecule has 0 N–H and O–H groups in total. The van der Waals surface area contributed by atoms with E-state index in [0.717, 1.165) is 49.8 Å². The molecule has 0 aliphatic carbocycles. The van der Waals surface area contributed by atoms with Crippen molar-refractivity contribution < 1.29 is 4.79 Å².